The van der Waals surface area contributed by atoms with Gasteiger partial charge in [0.2, 0.25) is 5.82 Å². The number of hydrogen-bond donors (Lipinski definition) is 1. The molecule has 0 unspecified atom stereocenters. The van der Waals surface area contributed by atoms with Crippen molar-refractivity contribution < 1.29 is 18.0 Å². The monoisotopic (exact) mass is 416 g/mol. The lowest BCUT2D eigenvalue weighted by Crippen LogP contribution is -2.27. The summed E-state index contributed by atoms with van der Waals surface area (Å²) < 4.78 is 40.9. The van der Waals surface area contributed by atoms with Gasteiger partial charge in [0.1, 0.15) is 6.54 Å². The molecule has 3 rings (SSSR count). The minimum absolute atomic E-state index is 0.0154. The molecule has 0 aliphatic heterocycles. The van der Waals surface area contributed by atoms with Gasteiger partial charge < -0.3 is 4.57 Å². The molecule has 0 aliphatic rings. The van der Waals surface area contributed by atoms with Gasteiger partial charge in [0.25, 0.3) is 5.91 Å². The van der Waals surface area contributed by atoms with Gasteiger partial charge in [-0.25, -0.2) is 10.4 Å². The molecule has 0 spiro atoms. The lowest BCUT2D eigenvalue weighted by Gasteiger charge is -2.19. The van der Waals surface area contributed by atoms with Crippen LogP contribution in [-0.2, 0) is 22.9 Å². The second-order valence-electron chi connectivity index (χ2n) is 8.07. The van der Waals surface area contributed by atoms with Crippen molar-refractivity contribution in [3.05, 3.63) is 65.5 Å². The molecule has 0 atom stereocenters. The first-order valence-electron chi connectivity index (χ1n) is 9.43. The molecule has 0 aliphatic carbocycles. The van der Waals surface area contributed by atoms with Gasteiger partial charge in [-0.2, -0.15) is 18.3 Å². The van der Waals surface area contributed by atoms with E-state index < -0.39 is 24.5 Å². The zero-order valence-electron chi connectivity index (χ0n) is 17.2. The van der Waals surface area contributed by atoms with Crippen LogP contribution in [-0.4, -0.2) is 21.2 Å². The van der Waals surface area contributed by atoms with Gasteiger partial charge in [-0.05, 0) is 35.6 Å². The predicted octanol–water partition coefficient (Wildman–Crippen LogP) is 4.89. The number of para-hydroxylation sites is 2. The molecule has 8 heteroatoms. The highest BCUT2D eigenvalue weighted by Crippen LogP contribution is 2.31. The lowest BCUT2D eigenvalue weighted by atomic mass is 9.86. The standard InChI is InChI=1S/C22H23F3N4O/c1-14(15-9-11-16(12-10-15)21(2,3)4)27-28-19(30)13-29-18-8-6-5-7-17(18)26-20(29)22(23,24)25/h5-12H,13H2,1-4H3,(H,28,30). The fraction of sp³-hybridized carbons (Fsp3) is 0.318. The van der Waals surface area contributed by atoms with Crippen molar-refractivity contribution in [2.45, 2.75) is 45.8 Å². The highest BCUT2D eigenvalue weighted by Gasteiger charge is 2.38. The largest absolute Gasteiger partial charge is 0.449 e. The molecule has 3 aromatic rings. The SMILES string of the molecule is CC(=NNC(=O)Cn1c(C(F)(F)F)nc2ccccc21)c1ccc(C(C)(C)C)cc1. The molecule has 1 N–H and O–H groups in total. The molecule has 0 saturated heterocycles. The molecular weight excluding hydrogens is 393 g/mol. The van der Waals surface area contributed by atoms with E-state index in [0.29, 0.717) is 5.71 Å². The number of hydrazone groups is 1. The maximum absolute atomic E-state index is 13.3. The van der Waals surface area contributed by atoms with Crippen molar-refractivity contribution in [3.8, 4) is 0 Å². The Morgan fingerprint density at radius 1 is 1.07 bits per heavy atom. The van der Waals surface area contributed by atoms with Crippen LogP contribution in [0.4, 0.5) is 13.2 Å². The van der Waals surface area contributed by atoms with E-state index >= 15 is 0 Å². The van der Waals surface area contributed by atoms with Crippen molar-refractivity contribution >= 4 is 22.7 Å². The van der Waals surface area contributed by atoms with Crippen LogP contribution in [0.2, 0.25) is 0 Å². The number of nitrogens with one attached hydrogen (secondary N) is 1. The summed E-state index contributed by atoms with van der Waals surface area (Å²) in [6.45, 7) is 7.50. The quantitative estimate of drug-likeness (QED) is 0.486. The number of benzene rings is 2. The summed E-state index contributed by atoms with van der Waals surface area (Å²) in [5, 5.41) is 4.04. The summed E-state index contributed by atoms with van der Waals surface area (Å²) in [6.07, 6.45) is -4.67. The number of halogens is 3. The summed E-state index contributed by atoms with van der Waals surface area (Å²) in [7, 11) is 0. The van der Waals surface area contributed by atoms with Gasteiger partial charge in [-0.3, -0.25) is 4.79 Å². The summed E-state index contributed by atoms with van der Waals surface area (Å²) in [6, 6.07) is 13.9. The number of imidazole rings is 1. The van der Waals surface area contributed by atoms with E-state index in [4.69, 9.17) is 0 Å². The van der Waals surface area contributed by atoms with Crippen LogP contribution in [0.1, 0.15) is 44.6 Å². The van der Waals surface area contributed by atoms with Crippen LogP contribution >= 0.6 is 0 Å². The maximum atomic E-state index is 13.3. The molecule has 0 saturated carbocycles. The fourth-order valence-corrected chi connectivity index (χ4v) is 3.05. The minimum Gasteiger partial charge on any atom is -0.311 e. The van der Waals surface area contributed by atoms with Gasteiger partial charge >= 0.3 is 6.18 Å². The Hall–Kier alpha value is -3.16. The Kier molecular flexibility index (Phi) is 5.70. The zero-order valence-corrected chi connectivity index (χ0v) is 17.2. The summed E-state index contributed by atoms with van der Waals surface area (Å²) in [5.41, 5.74) is 5.29. The third-order valence-corrected chi connectivity index (χ3v) is 4.73. The van der Waals surface area contributed by atoms with E-state index in [1.807, 2.05) is 24.3 Å². The molecule has 158 valence electrons. The van der Waals surface area contributed by atoms with Crippen LogP contribution in [0.3, 0.4) is 0 Å². The number of amides is 1. The number of fused-ring (bicyclic) bond motifs is 1. The molecular formula is C22H23F3N4O. The van der Waals surface area contributed by atoms with E-state index in [-0.39, 0.29) is 16.4 Å². The second kappa shape index (κ2) is 7.93. The van der Waals surface area contributed by atoms with Gasteiger partial charge in [0.05, 0.1) is 16.7 Å². The average Bonchev–Trinajstić information content (AvgIpc) is 3.04. The Labute approximate surface area is 172 Å². The average molecular weight is 416 g/mol. The molecule has 30 heavy (non-hydrogen) atoms. The van der Waals surface area contributed by atoms with Crippen LogP contribution in [0, 0.1) is 0 Å². The summed E-state index contributed by atoms with van der Waals surface area (Å²) in [5.74, 6) is -1.79. The fourth-order valence-electron chi connectivity index (χ4n) is 3.05. The van der Waals surface area contributed by atoms with Gasteiger partial charge in [-0.1, -0.05) is 57.2 Å². The van der Waals surface area contributed by atoms with E-state index in [1.54, 1.807) is 19.1 Å². The van der Waals surface area contributed by atoms with E-state index in [0.717, 1.165) is 15.7 Å². The number of carbonyl (C=O) groups excluding carboxylic acids is 1. The van der Waals surface area contributed by atoms with Crippen molar-refractivity contribution in [2.24, 2.45) is 5.10 Å². The molecule has 0 fully saturated rings. The summed E-state index contributed by atoms with van der Waals surface area (Å²) >= 11 is 0. The summed E-state index contributed by atoms with van der Waals surface area (Å²) in [4.78, 5) is 16.0. The second-order valence-corrected chi connectivity index (χ2v) is 8.07. The Balaban J connectivity index is 1.78. The highest BCUT2D eigenvalue weighted by molar-refractivity contribution is 5.99. The number of alkyl halides is 3. The van der Waals surface area contributed by atoms with Gasteiger partial charge in [0.15, 0.2) is 0 Å². The van der Waals surface area contributed by atoms with E-state index in [2.05, 4.69) is 36.3 Å². The number of hydrogen-bond acceptors (Lipinski definition) is 3. The number of nitrogens with zero attached hydrogens (tertiary/aromatic N) is 3. The maximum Gasteiger partial charge on any atom is 0.449 e. The van der Waals surface area contributed by atoms with Crippen molar-refractivity contribution in [1.29, 1.82) is 0 Å². The van der Waals surface area contributed by atoms with Crippen LogP contribution in [0.5, 0.6) is 0 Å². The first-order valence-corrected chi connectivity index (χ1v) is 9.43. The predicted molar refractivity (Wildman–Crippen MR) is 110 cm³/mol. The first kappa shape index (κ1) is 21.5. The number of rotatable bonds is 4. The minimum atomic E-state index is -4.67. The number of carbonyl (C=O) groups is 1. The van der Waals surface area contributed by atoms with Crippen LogP contribution in [0.15, 0.2) is 53.6 Å². The molecule has 0 bridgehead atoms. The molecule has 5 nitrogen and oxygen atoms in total. The Bertz CT molecular complexity index is 1090. The Morgan fingerprint density at radius 3 is 2.30 bits per heavy atom. The van der Waals surface area contributed by atoms with Gasteiger partial charge in [0, 0.05) is 0 Å². The van der Waals surface area contributed by atoms with Crippen molar-refractivity contribution in [2.75, 3.05) is 0 Å². The molecule has 1 heterocycles. The zero-order chi connectivity index (χ0) is 22.1. The normalized spacial score (nSPS) is 13.0. The smallest absolute Gasteiger partial charge is 0.311 e. The molecule has 1 aromatic heterocycles. The van der Waals surface area contributed by atoms with Crippen molar-refractivity contribution in [3.63, 3.8) is 0 Å². The van der Waals surface area contributed by atoms with Crippen LogP contribution < -0.4 is 5.43 Å². The molecule has 2 aromatic carbocycles. The number of aromatic nitrogens is 2. The van der Waals surface area contributed by atoms with Crippen molar-refractivity contribution in [1.82, 2.24) is 15.0 Å². The Morgan fingerprint density at radius 2 is 1.70 bits per heavy atom. The van der Waals surface area contributed by atoms with E-state index in [9.17, 15) is 18.0 Å². The van der Waals surface area contributed by atoms with E-state index in [1.165, 1.54) is 12.1 Å². The van der Waals surface area contributed by atoms with Gasteiger partial charge in [-0.15, -0.1) is 0 Å². The topological polar surface area (TPSA) is 59.3 Å². The molecule has 0 radical (unpaired) electrons. The first-order chi connectivity index (χ1) is 14.0. The highest BCUT2D eigenvalue weighted by atomic mass is 19.4. The molecule has 1 amide bonds. The third kappa shape index (κ3) is 4.69. The van der Waals surface area contributed by atoms with Crippen LogP contribution in [0.25, 0.3) is 11.0 Å². The lowest BCUT2D eigenvalue weighted by molar-refractivity contribution is -0.147. The third-order valence-electron chi connectivity index (χ3n) is 4.73.